The van der Waals surface area contributed by atoms with Crippen molar-refractivity contribution in [1.29, 1.82) is 0 Å². The summed E-state index contributed by atoms with van der Waals surface area (Å²) in [5.41, 5.74) is -0.220. The summed E-state index contributed by atoms with van der Waals surface area (Å²) in [6, 6.07) is 4.37. The lowest BCUT2D eigenvalue weighted by molar-refractivity contribution is -0.142. The maximum absolute atomic E-state index is 11.9. The van der Waals surface area contributed by atoms with Gasteiger partial charge >= 0.3 is 5.97 Å². The van der Waals surface area contributed by atoms with Gasteiger partial charge in [-0.3, -0.25) is 4.79 Å². The molecule has 0 amide bonds. The lowest BCUT2D eigenvalue weighted by Crippen LogP contribution is -2.39. The largest absolute Gasteiger partial charge is 0.468 e. The van der Waals surface area contributed by atoms with Gasteiger partial charge in [-0.05, 0) is 24.2 Å². The van der Waals surface area contributed by atoms with Gasteiger partial charge in [0.2, 0.25) is 10.0 Å². The highest BCUT2D eigenvalue weighted by Gasteiger charge is 2.24. The summed E-state index contributed by atoms with van der Waals surface area (Å²) in [6.07, 6.45) is 0. The van der Waals surface area contributed by atoms with Crippen molar-refractivity contribution in [2.24, 2.45) is 5.18 Å². The highest BCUT2D eigenvalue weighted by Crippen LogP contribution is 2.23. The molecule has 0 radical (unpaired) electrons. The minimum absolute atomic E-state index is 0.220. The van der Waals surface area contributed by atoms with Crippen molar-refractivity contribution in [2.75, 3.05) is 7.11 Å². The van der Waals surface area contributed by atoms with E-state index in [0.717, 1.165) is 7.11 Å². The van der Waals surface area contributed by atoms with E-state index in [1.165, 1.54) is 31.2 Å². The Morgan fingerprint density at radius 3 is 2.56 bits per heavy atom. The van der Waals surface area contributed by atoms with Crippen LogP contribution in [0.1, 0.15) is 6.92 Å². The number of esters is 1. The second-order valence-electron chi connectivity index (χ2n) is 3.43. The number of hydrogen-bond donors (Lipinski definition) is 1. The molecule has 7 nitrogen and oxygen atoms in total. The van der Waals surface area contributed by atoms with Gasteiger partial charge in [0, 0.05) is 0 Å². The van der Waals surface area contributed by atoms with Gasteiger partial charge in [-0.2, -0.15) is 4.72 Å². The Morgan fingerprint density at radius 1 is 1.39 bits per heavy atom. The molecule has 0 fully saturated rings. The molecule has 18 heavy (non-hydrogen) atoms. The SMILES string of the molecule is COC(=O)[C@H](C)NS(=O)(=O)c1ccccc1N=O. The van der Waals surface area contributed by atoms with E-state index in [0.29, 0.717) is 0 Å². The molecule has 1 atom stereocenters. The number of nitrogens with one attached hydrogen (secondary N) is 1. The van der Waals surface area contributed by atoms with Crippen LogP contribution < -0.4 is 4.72 Å². The molecule has 0 heterocycles. The Bertz CT molecular complexity index is 555. The van der Waals surface area contributed by atoms with Crippen LogP contribution in [-0.2, 0) is 19.6 Å². The quantitative estimate of drug-likeness (QED) is 0.634. The Kier molecular flexibility index (Phi) is 4.51. The average molecular weight is 272 g/mol. The van der Waals surface area contributed by atoms with Crippen molar-refractivity contribution >= 4 is 21.7 Å². The molecule has 1 rings (SSSR count). The zero-order valence-corrected chi connectivity index (χ0v) is 10.6. The van der Waals surface area contributed by atoms with Gasteiger partial charge < -0.3 is 4.74 Å². The Labute approximate surface area is 104 Å². The summed E-state index contributed by atoms with van der Waals surface area (Å²) >= 11 is 0. The van der Waals surface area contributed by atoms with Gasteiger partial charge in [0.15, 0.2) is 0 Å². The number of sulfonamides is 1. The number of carbonyl (C=O) groups is 1. The standard InChI is InChI=1S/C10H12N2O5S/c1-7(10(13)17-2)12-18(15,16)9-6-4-3-5-8(9)11-14/h3-7,12H,1-2H3/t7-/m0/s1. The highest BCUT2D eigenvalue weighted by molar-refractivity contribution is 7.89. The summed E-state index contributed by atoms with van der Waals surface area (Å²) in [5, 5.41) is 2.62. The van der Waals surface area contributed by atoms with Crippen LogP contribution in [0.15, 0.2) is 34.3 Å². The van der Waals surface area contributed by atoms with Crippen LogP contribution in [-0.4, -0.2) is 27.5 Å². The molecule has 0 aliphatic carbocycles. The molecule has 1 aromatic carbocycles. The number of nitroso groups, excluding NO2 is 1. The van der Waals surface area contributed by atoms with E-state index in [4.69, 9.17) is 0 Å². The molecule has 0 saturated heterocycles. The first kappa shape index (κ1) is 14.3. The fourth-order valence-corrected chi connectivity index (χ4v) is 2.61. The number of benzene rings is 1. The summed E-state index contributed by atoms with van der Waals surface area (Å²) in [6.45, 7) is 1.33. The van der Waals surface area contributed by atoms with Gasteiger partial charge in [-0.25, -0.2) is 8.42 Å². The predicted octanol–water partition coefficient (Wildman–Crippen LogP) is 0.924. The highest BCUT2D eigenvalue weighted by atomic mass is 32.2. The molecule has 8 heteroatoms. The van der Waals surface area contributed by atoms with E-state index in [1.807, 2.05) is 0 Å². The molecular formula is C10H12N2O5S. The van der Waals surface area contributed by atoms with Crippen molar-refractivity contribution in [3.05, 3.63) is 29.2 Å². The monoisotopic (exact) mass is 272 g/mol. The van der Waals surface area contributed by atoms with Crippen LogP contribution >= 0.6 is 0 Å². The van der Waals surface area contributed by atoms with Crippen LogP contribution in [0.25, 0.3) is 0 Å². The second-order valence-corrected chi connectivity index (χ2v) is 5.11. The van der Waals surface area contributed by atoms with Gasteiger partial charge in [-0.1, -0.05) is 12.1 Å². The Balaban J connectivity index is 3.07. The molecule has 98 valence electrons. The topological polar surface area (TPSA) is 102 Å². The predicted molar refractivity (Wildman–Crippen MR) is 63.7 cm³/mol. The lowest BCUT2D eigenvalue weighted by Gasteiger charge is -2.12. The zero-order chi connectivity index (χ0) is 13.8. The zero-order valence-electron chi connectivity index (χ0n) is 9.78. The van der Waals surface area contributed by atoms with Crippen LogP contribution in [0.2, 0.25) is 0 Å². The maximum Gasteiger partial charge on any atom is 0.323 e. The van der Waals surface area contributed by atoms with Crippen molar-refractivity contribution in [1.82, 2.24) is 4.72 Å². The van der Waals surface area contributed by atoms with Gasteiger partial charge in [0.1, 0.15) is 16.6 Å². The number of hydrogen-bond acceptors (Lipinski definition) is 6. The van der Waals surface area contributed by atoms with E-state index in [1.54, 1.807) is 0 Å². The van der Waals surface area contributed by atoms with Crippen LogP contribution in [0.5, 0.6) is 0 Å². The molecule has 0 saturated carbocycles. The van der Waals surface area contributed by atoms with E-state index < -0.39 is 22.0 Å². The average Bonchev–Trinajstić information content (AvgIpc) is 2.37. The Hall–Kier alpha value is -1.80. The van der Waals surface area contributed by atoms with Gasteiger partial charge in [-0.15, -0.1) is 4.91 Å². The fourth-order valence-electron chi connectivity index (χ4n) is 1.28. The third-order valence-corrected chi connectivity index (χ3v) is 3.73. The summed E-state index contributed by atoms with van der Waals surface area (Å²) in [7, 11) is -2.86. The molecule has 0 aliphatic heterocycles. The third kappa shape index (κ3) is 3.11. The number of nitrogens with zero attached hydrogens (tertiary/aromatic N) is 1. The van der Waals surface area contributed by atoms with Crippen LogP contribution in [0.4, 0.5) is 5.69 Å². The van der Waals surface area contributed by atoms with Gasteiger partial charge in [0.05, 0.1) is 7.11 Å². The molecule has 1 aromatic rings. The van der Waals surface area contributed by atoms with Crippen LogP contribution in [0, 0.1) is 4.91 Å². The molecule has 0 aliphatic rings. The van der Waals surface area contributed by atoms with Gasteiger partial charge in [0.25, 0.3) is 0 Å². The first-order valence-electron chi connectivity index (χ1n) is 4.95. The summed E-state index contributed by atoms with van der Waals surface area (Å²) in [5.74, 6) is -0.727. The third-order valence-electron chi connectivity index (χ3n) is 2.14. The van der Waals surface area contributed by atoms with E-state index in [-0.39, 0.29) is 10.6 Å². The molecule has 1 N–H and O–H groups in total. The molecule has 0 bridgehead atoms. The number of methoxy groups -OCH3 is 1. The smallest absolute Gasteiger partial charge is 0.323 e. The Morgan fingerprint density at radius 2 is 2.00 bits per heavy atom. The molecule has 0 aromatic heterocycles. The fraction of sp³-hybridized carbons (Fsp3) is 0.300. The summed E-state index contributed by atoms with van der Waals surface area (Å²) < 4.78 is 30.3. The van der Waals surface area contributed by atoms with Crippen LogP contribution in [0.3, 0.4) is 0 Å². The molecule has 0 unspecified atom stereocenters. The normalized spacial score (nSPS) is 12.8. The van der Waals surface area contributed by atoms with E-state index in [2.05, 4.69) is 14.6 Å². The van der Waals surface area contributed by atoms with Crippen molar-refractivity contribution < 1.29 is 17.9 Å². The number of carbonyl (C=O) groups excluding carboxylic acids is 1. The number of ether oxygens (including phenoxy) is 1. The first-order valence-corrected chi connectivity index (χ1v) is 6.43. The maximum atomic E-state index is 11.9. The van der Waals surface area contributed by atoms with E-state index in [9.17, 15) is 18.1 Å². The summed E-state index contributed by atoms with van der Waals surface area (Å²) in [4.78, 5) is 21.4. The van der Waals surface area contributed by atoms with Crippen molar-refractivity contribution in [3.8, 4) is 0 Å². The molecule has 0 spiro atoms. The number of rotatable bonds is 5. The molecular weight excluding hydrogens is 260 g/mol. The lowest BCUT2D eigenvalue weighted by atomic mass is 10.3. The second kappa shape index (κ2) is 5.69. The minimum atomic E-state index is -4.00. The van der Waals surface area contributed by atoms with Crippen molar-refractivity contribution in [2.45, 2.75) is 17.9 Å². The first-order chi connectivity index (χ1) is 8.42. The van der Waals surface area contributed by atoms with E-state index >= 15 is 0 Å². The van der Waals surface area contributed by atoms with Crippen molar-refractivity contribution in [3.63, 3.8) is 0 Å². The minimum Gasteiger partial charge on any atom is -0.468 e.